The monoisotopic (exact) mass is 455 g/mol. The fraction of sp³-hybridized carbons (Fsp3) is 0.440. The van der Waals surface area contributed by atoms with E-state index in [1.165, 1.54) is 6.07 Å². The minimum atomic E-state index is -0.892. The summed E-state index contributed by atoms with van der Waals surface area (Å²) in [4.78, 5) is 20.4. The summed E-state index contributed by atoms with van der Waals surface area (Å²) in [7, 11) is 0. The van der Waals surface area contributed by atoms with Gasteiger partial charge in [-0.1, -0.05) is 30.5 Å². The highest BCUT2D eigenvalue weighted by Crippen LogP contribution is 2.46. The Bertz CT molecular complexity index is 1110. The lowest BCUT2D eigenvalue weighted by Gasteiger charge is -2.36. The van der Waals surface area contributed by atoms with Gasteiger partial charge in [0.25, 0.3) is 0 Å². The first-order valence-electron chi connectivity index (χ1n) is 11.3. The Morgan fingerprint density at radius 2 is 2.06 bits per heavy atom. The molecule has 0 radical (unpaired) electrons. The van der Waals surface area contributed by atoms with Gasteiger partial charge < -0.3 is 14.0 Å². The number of amides is 1. The molecule has 1 amide bonds. The molecule has 0 N–H and O–H groups in total. The zero-order valence-electron chi connectivity index (χ0n) is 18.0. The third kappa shape index (κ3) is 3.80. The van der Waals surface area contributed by atoms with Gasteiger partial charge in [-0.25, -0.2) is 4.39 Å². The number of nitrogens with zero attached hydrogens (tertiary/aromatic N) is 3. The summed E-state index contributed by atoms with van der Waals surface area (Å²) in [6, 6.07) is 8.75. The fourth-order valence-electron chi connectivity index (χ4n) is 5.46. The smallest absolute Gasteiger partial charge is 0.233 e. The molecule has 168 valence electrons. The van der Waals surface area contributed by atoms with E-state index in [9.17, 15) is 9.18 Å². The molecule has 3 aromatic rings. The minimum Gasteiger partial charge on any atom is -0.379 e. The van der Waals surface area contributed by atoms with Crippen molar-refractivity contribution in [3.8, 4) is 0 Å². The van der Waals surface area contributed by atoms with Crippen LogP contribution in [0.2, 0.25) is 5.02 Å². The van der Waals surface area contributed by atoms with Crippen LogP contribution < -0.4 is 0 Å². The molecular formula is C25H27ClFN3O2. The predicted octanol–water partition coefficient (Wildman–Crippen LogP) is 4.66. The fourth-order valence-corrected chi connectivity index (χ4v) is 5.80. The highest BCUT2D eigenvalue weighted by molar-refractivity contribution is 6.31. The molecule has 1 saturated carbocycles. The minimum absolute atomic E-state index is 0.0219. The second-order valence-electron chi connectivity index (χ2n) is 8.96. The van der Waals surface area contributed by atoms with Crippen molar-refractivity contribution in [1.29, 1.82) is 0 Å². The summed E-state index contributed by atoms with van der Waals surface area (Å²) < 4.78 is 22.9. The molecule has 2 aliphatic rings. The summed E-state index contributed by atoms with van der Waals surface area (Å²) in [6.45, 7) is 2.12. The third-order valence-corrected chi connectivity index (χ3v) is 7.26. The van der Waals surface area contributed by atoms with Gasteiger partial charge >= 0.3 is 0 Å². The van der Waals surface area contributed by atoms with Crippen LogP contribution in [0.15, 0.2) is 48.9 Å². The molecule has 0 spiro atoms. The van der Waals surface area contributed by atoms with Crippen molar-refractivity contribution >= 4 is 23.0 Å². The molecular weight excluding hydrogens is 429 g/mol. The standard InChI is InChI=1S/C25H27ClFN3O2/c26-19-5-3-6-20(27)23(19)25(8-1-2-9-25)24(31)30-13-14-32-17-18(16-30)15-21-22-7-4-11-29(22)12-10-28-21/h3-7,10-12,18H,1-2,8-9,13-17H2/t18-/m0/s1. The molecule has 0 unspecified atom stereocenters. The van der Waals surface area contributed by atoms with E-state index in [0.717, 1.165) is 24.1 Å². The maximum atomic E-state index is 14.9. The SMILES string of the molecule is O=C(N1CCOC[C@@H](Cc2nccn3cccc23)C1)C1(c2c(F)cccc2Cl)CCCC1. The van der Waals surface area contributed by atoms with Gasteiger partial charge in [0.15, 0.2) is 0 Å². The first-order valence-corrected chi connectivity index (χ1v) is 11.7. The number of fused-ring (bicyclic) bond motifs is 1. The number of hydrogen-bond acceptors (Lipinski definition) is 3. The Labute approximate surface area is 192 Å². The lowest BCUT2D eigenvalue weighted by atomic mass is 9.77. The van der Waals surface area contributed by atoms with Crippen molar-refractivity contribution in [2.45, 2.75) is 37.5 Å². The quantitative estimate of drug-likeness (QED) is 0.575. The van der Waals surface area contributed by atoms with Crippen molar-refractivity contribution in [3.05, 3.63) is 71.0 Å². The van der Waals surface area contributed by atoms with E-state index in [4.69, 9.17) is 16.3 Å². The summed E-state index contributed by atoms with van der Waals surface area (Å²) in [5.41, 5.74) is 1.54. The molecule has 5 nitrogen and oxygen atoms in total. The first-order chi connectivity index (χ1) is 15.6. The molecule has 32 heavy (non-hydrogen) atoms. The third-order valence-electron chi connectivity index (χ3n) is 6.95. The van der Waals surface area contributed by atoms with Gasteiger partial charge in [-0.05, 0) is 43.5 Å². The lowest BCUT2D eigenvalue weighted by molar-refractivity contribution is -0.138. The van der Waals surface area contributed by atoms with E-state index in [0.29, 0.717) is 56.2 Å². The van der Waals surface area contributed by atoms with Crippen molar-refractivity contribution in [1.82, 2.24) is 14.3 Å². The van der Waals surface area contributed by atoms with Gasteiger partial charge in [0.2, 0.25) is 5.91 Å². The number of carbonyl (C=O) groups excluding carboxylic acids is 1. The number of hydrogen-bond donors (Lipinski definition) is 0. The molecule has 1 atom stereocenters. The van der Waals surface area contributed by atoms with Crippen molar-refractivity contribution in [3.63, 3.8) is 0 Å². The largest absolute Gasteiger partial charge is 0.379 e. The van der Waals surface area contributed by atoms with Crippen molar-refractivity contribution in [2.75, 3.05) is 26.3 Å². The van der Waals surface area contributed by atoms with Crippen LogP contribution in [0.4, 0.5) is 4.39 Å². The van der Waals surface area contributed by atoms with E-state index in [-0.39, 0.29) is 17.6 Å². The molecule has 1 aromatic carbocycles. The van der Waals surface area contributed by atoms with Crippen molar-refractivity contribution in [2.24, 2.45) is 5.92 Å². The van der Waals surface area contributed by atoms with Crippen LogP contribution in [-0.2, 0) is 21.4 Å². The average molecular weight is 456 g/mol. The zero-order valence-corrected chi connectivity index (χ0v) is 18.7. The van der Waals surface area contributed by atoms with E-state index in [2.05, 4.69) is 15.5 Å². The Morgan fingerprint density at radius 1 is 1.22 bits per heavy atom. The van der Waals surface area contributed by atoms with E-state index in [1.54, 1.807) is 18.3 Å². The first kappa shape index (κ1) is 21.4. The molecule has 1 aliphatic carbocycles. The van der Waals surface area contributed by atoms with Gasteiger partial charge in [-0.2, -0.15) is 0 Å². The van der Waals surface area contributed by atoms with Gasteiger partial charge in [0.05, 0.1) is 29.8 Å². The number of rotatable bonds is 4. The predicted molar refractivity (Wildman–Crippen MR) is 121 cm³/mol. The maximum Gasteiger partial charge on any atom is 0.233 e. The molecule has 2 aromatic heterocycles. The molecule has 7 heteroatoms. The van der Waals surface area contributed by atoms with Crippen LogP contribution in [0.25, 0.3) is 5.52 Å². The molecule has 0 bridgehead atoms. The summed E-state index contributed by atoms with van der Waals surface area (Å²) >= 11 is 6.45. The van der Waals surface area contributed by atoms with Gasteiger partial charge in [-0.3, -0.25) is 9.78 Å². The molecule has 5 rings (SSSR count). The van der Waals surface area contributed by atoms with Crippen LogP contribution in [0.5, 0.6) is 0 Å². The molecule has 3 heterocycles. The number of benzene rings is 1. The van der Waals surface area contributed by atoms with Gasteiger partial charge in [-0.15, -0.1) is 0 Å². The second kappa shape index (κ2) is 8.83. The summed E-state index contributed by atoms with van der Waals surface area (Å²) in [5.74, 6) is -0.296. The molecule has 2 fully saturated rings. The second-order valence-corrected chi connectivity index (χ2v) is 9.36. The average Bonchev–Trinajstić information content (AvgIpc) is 3.41. The van der Waals surface area contributed by atoms with Crippen molar-refractivity contribution < 1.29 is 13.9 Å². The van der Waals surface area contributed by atoms with Crippen LogP contribution in [0, 0.1) is 11.7 Å². The van der Waals surface area contributed by atoms with E-state index >= 15 is 0 Å². The van der Waals surface area contributed by atoms with Gasteiger partial charge in [0, 0.05) is 48.2 Å². The van der Waals surface area contributed by atoms with E-state index in [1.807, 2.05) is 23.4 Å². The normalized spacial score (nSPS) is 21.1. The number of ether oxygens (including phenoxy) is 1. The van der Waals surface area contributed by atoms with Crippen LogP contribution in [-0.4, -0.2) is 46.5 Å². The van der Waals surface area contributed by atoms with Crippen LogP contribution >= 0.6 is 11.6 Å². The Balaban J connectivity index is 1.43. The summed E-state index contributed by atoms with van der Waals surface area (Å²) in [6.07, 6.45) is 9.48. The highest BCUT2D eigenvalue weighted by atomic mass is 35.5. The van der Waals surface area contributed by atoms with Crippen LogP contribution in [0.3, 0.4) is 0 Å². The topological polar surface area (TPSA) is 46.8 Å². The van der Waals surface area contributed by atoms with E-state index < -0.39 is 5.41 Å². The molecule has 1 saturated heterocycles. The number of carbonyl (C=O) groups is 1. The highest BCUT2D eigenvalue weighted by Gasteiger charge is 2.48. The maximum absolute atomic E-state index is 14.9. The van der Waals surface area contributed by atoms with Crippen LogP contribution in [0.1, 0.15) is 36.9 Å². The van der Waals surface area contributed by atoms with Gasteiger partial charge in [0.1, 0.15) is 5.82 Å². The Hall–Kier alpha value is -2.44. The summed E-state index contributed by atoms with van der Waals surface area (Å²) in [5, 5.41) is 0.340. The Kier molecular flexibility index (Phi) is 5.91. The zero-order chi connectivity index (χ0) is 22.1. The lowest BCUT2D eigenvalue weighted by Crippen LogP contribution is -2.48. The number of aromatic nitrogens is 2. The Morgan fingerprint density at radius 3 is 2.88 bits per heavy atom. The number of halogens is 2. The molecule has 1 aliphatic heterocycles.